The summed E-state index contributed by atoms with van der Waals surface area (Å²) in [5.41, 5.74) is 4.53. The Kier molecular flexibility index (Phi) is 6.72. The van der Waals surface area contributed by atoms with Crippen LogP contribution in [0.2, 0.25) is 0 Å². The van der Waals surface area contributed by atoms with Gasteiger partial charge in [-0.15, -0.1) is 0 Å². The van der Waals surface area contributed by atoms with Crippen molar-refractivity contribution in [2.75, 3.05) is 12.0 Å². The number of anilines is 1. The summed E-state index contributed by atoms with van der Waals surface area (Å²) in [7, 11) is 0. The minimum Gasteiger partial charge on any atom is -0.490 e. The van der Waals surface area contributed by atoms with Crippen LogP contribution in [-0.4, -0.2) is 22.7 Å². The Morgan fingerprint density at radius 3 is 2.62 bits per heavy atom. The Labute approximate surface area is 168 Å². The van der Waals surface area contributed by atoms with E-state index in [1.165, 1.54) is 18.3 Å². The van der Waals surface area contributed by atoms with Gasteiger partial charge in [-0.05, 0) is 42.3 Å². The number of hydrogen-bond acceptors (Lipinski definition) is 7. The topological polar surface area (TPSA) is 98.9 Å². The Balaban J connectivity index is 1.65. The molecule has 0 fully saturated rings. The van der Waals surface area contributed by atoms with E-state index in [1.54, 1.807) is 6.21 Å². The van der Waals surface area contributed by atoms with Crippen molar-refractivity contribution in [3.8, 4) is 11.5 Å². The summed E-state index contributed by atoms with van der Waals surface area (Å²) in [6.07, 6.45) is 2.77. The van der Waals surface area contributed by atoms with Crippen molar-refractivity contribution in [1.82, 2.24) is 4.98 Å². The Bertz CT molecular complexity index is 976. The summed E-state index contributed by atoms with van der Waals surface area (Å²) in [4.78, 5) is 14.1. The first kappa shape index (κ1) is 19.8. The standard InChI is InChI=1S/C21H20N4O4/c1-2-28-20-12-17(8-10-19(20)29-15-16-6-4-3-5-7-16)13-23-24-21-11-9-18(14-22-21)25(26)27/h3-14H,2,15H2,1H3,(H,22,24)/b23-13+. The molecule has 8 heteroatoms. The molecule has 0 unspecified atom stereocenters. The summed E-state index contributed by atoms with van der Waals surface area (Å²) in [5.74, 6) is 1.68. The molecule has 0 aliphatic rings. The number of nitro groups is 1. The molecule has 2 aromatic carbocycles. The van der Waals surface area contributed by atoms with Crippen molar-refractivity contribution in [3.63, 3.8) is 0 Å². The molecule has 0 saturated carbocycles. The van der Waals surface area contributed by atoms with E-state index in [0.29, 0.717) is 30.5 Å². The van der Waals surface area contributed by atoms with Crippen molar-refractivity contribution >= 4 is 17.7 Å². The lowest BCUT2D eigenvalue weighted by atomic mass is 10.2. The van der Waals surface area contributed by atoms with E-state index in [0.717, 1.165) is 11.1 Å². The molecule has 148 valence electrons. The van der Waals surface area contributed by atoms with Gasteiger partial charge in [0, 0.05) is 6.07 Å². The molecule has 0 spiro atoms. The van der Waals surface area contributed by atoms with Gasteiger partial charge in [-0.3, -0.25) is 15.5 Å². The van der Waals surface area contributed by atoms with Crippen LogP contribution in [0.5, 0.6) is 11.5 Å². The molecule has 29 heavy (non-hydrogen) atoms. The molecule has 3 rings (SSSR count). The number of nitrogens with zero attached hydrogens (tertiary/aromatic N) is 3. The molecular weight excluding hydrogens is 372 g/mol. The molecule has 8 nitrogen and oxygen atoms in total. The Morgan fingerprint density at radius 1 is 1.10 bits per heavy atom. The van der Waals surface area contributed by atoms with E-state index in [-0.39, 0.29) is 5.69 Å². The predicted octanol–water partition coefficient (Wildman–Crippen LogP) is 4.41. The lowest BCUT2D eigenvalue weighted by molar-refractivity contribution is -0.385. The van der Waals surface area contributed by atoms with E-state index in [2.05, 4.69) is 15.5 Å². The smallest absolute Gasteiger partial charge is 0.287 e. The normalized spacial score (nSPS) is 10.7. The highest BCUT2D eigenvalue weighted by molar-refractivity contribution is 5.81. The van der Waals surface area contributed by atoms with Gasteiger partial charge in [0.2, 0.25) is 0 Å². The van der Waals surface area contributed by atoms with Gasteiger partial charge < -0.3 is 9.47 Å². The predicted molar refractivity (Wildman–Crippen MR) is 110 cm³/mol. The number of pyridine rings is 1. The first-order valence-corrected chi connectivity index (χ1v) is 8.99. The summed E-state index contributed by atoms with van der Waals surface area (Å²) in [6.45, 7) is 2.86. The molecule has 1 N–H and O–H groups in total. The zero-order valence-electron chi connectivity index (χ0n) is 15.8. The maximum atomic E-state index is 10.6. The first-order valence-electron chi connectivity index (χ1n) is 8.99. The third-order valence-electron chi connectivity index (χ3n) is 3.86. The highest BCUT2D eigenvalue weighted by Crippen LogP contribution is 2.29. The van der Waals surface area contributed by atoms with Crippen molar-refractivity contribution in [2.45, 2.75) is 13.5 Å². The molecule has 0 saturated heterocycles. The fourth-order valence-corrected chi connectivity index (χ4v) is 2.46. The summed E-state index contributed by atoms with van der Waals surface area (Å²) in [6, 6.07) is 18.3. The second kappa shape index (κ2) is 9.84. The largest absolute Gasteiger partial charge is 0.490 e. The molecule has 0 atom stereocenters. The second-order valence-electron chi connectivity index (χ2n) is 5.94. The van der Waals surface area contributed by atoms with Crippen molar-refractivity contribution in [2.24, 2.45) is 5.10 Å². The minimum atomic E-state index is -0.503. The number of ether oxygens (including phenoxy) is 2. The van der Waals surface area contributed by atoms with Crippen LogP contribution in [-0.2, 0) is 6.61 Å². The highest BCUT2D eigenvalue weighted by Gasteiger charge is 2.07. The maximum Gasteiger partial charge on any atom is 0.287 e. The minimum absolute atomic E-state index is 0.0769. The van der Waals surface area contributed by atoms with Crippen LogP contribution < -0.4 is 14.9 Å². The van der Waals surface area contributed by atoms with Crippen LogP contribution in [0, 0.1) is 10.1 Å². The van der Waals surface area contributed by atoms with E-state index in [4.69, 9.17) is 9.47 Å². The highest BCUT2D eigenvalue weighted by atomic mass is 16.6. The van der Waals surface area contributed by atoms with Crippen LogP contribution in [0.4, 0.5) is 11.5 Å². The molecule has 0 aliphatic heterocycles. The lowest BCUT2D eigenvalue weighted by Gasteiger charge is -2.12. The average Bonchev–Trinajstić information content (AvgIpc) is 2.74. The van der Waals surface area contributed by atoms with Gasteiger partial charge in [0.1, 0.15) is 18.6 Å². The Morgan fingerprint density at radius 2 is 1.93 bits per heavy atom. The van der Waals surface area contributed by atoms with Crippen molar-refractivity contribution < 1.29 is 14.4 Å². The number of rotatable bonds is 9. The van der Waals surface area contributed by atoms with Gasteiger partial charge in [0.15, 0.2) is 11.5 Å². The molecule has 1 aromatic heterocycles. The summed E-state index contributed by atoms with van der Waals surface area (Å²) in [5, 5.41) is 14.8. The fraction of sp³-hybridized carbons (Fsp3) is 0.143. The van der Waals surface area contributed by atoms with Gasteiger partial charge >= 0.3 is 0 Å². The molecule has 0 bridgehead atoms. The van der Waals surface area contributed by atoms with E-state index in [1.807, 2.05) is 55.5 Å². The third kappa shape index (κ3) is 5.77. The number of aromatic nitrogens is 1. The second-order valence-corrected chi connectivity index (χ2v) is 5.94. The van der Waals surface area contributed by atoms with Crippen LogP contribution >= 0.6 is 0 Å². The van der Waals surface area contributed by atoms with E-state index in [9.17, 15) is 10.1 Å². The first-order chi connectivity index (χ1) is 14.2. The molecule has 0 amide bonds. The zero-order valence-corrected chi connectivity index (χ0v) is 15.8. The van der Waals surface area contributed by atoms with Gasteiger partial charge in [-0.2, -0.15) is 5.10 Å². The average molecular weight is 392 g/mol. The molecule has 3 aromatic rings. The summed E-state index contributed by atoms with van der Waals surface area (Å²) >= 11 is 0. The van der Waals surface area contributed by atoms with E-state index < -0.39 is 4.92 Å². The van der Waals surface area contributed by atoms with Crippen LogP contribution in [0.3, 0.4) is 0 Å². The van der Waals surface area contributed by atoms with Crippen LogP contribution in [0.15, 0.2) is 72.0 Å². The third-order valence-corrected chi connectivity index (χ3v) is 3.86. The zero-order chi connectivity index (χ0) is 20.5. The number of benzene rings is 2. The van der Waals surface area contributed by atoms with Gasteiger partial charge in [-0.25, -0.2) is 4.98 Å². The van der Waals surface area contributed by atoms with Crippen LogP contribution in [0.1, 0.15) is 18.1 Å². The van der Waals surface area contributed by atoms with Gasteiger partial charge in [0.05, 0.1) is 17.7 Å². The molecule has 0 aliphatic carbocycles. The fourth-order valence-electron chi connectivity index (χ4n) is 2.46. The molecule has 1 heterocycles. The molecular formula is C21H20N4O4. The SMILES string of the molecule is CCOc1cc(/C=N/Nc2ccc([N+](=O)[O-])cn2)ccc1OCc1ccccc1. The lowest BCUT2D eigenvalue weighted by Crippen LogP contribution is -2.00. The number of nitrogens with one attached hydrogen (secondary N) is 1. The maximum absolute atomic E-state index is 10.6. The quantitative estimate of drug-likeness (QED) is 0.329. The summed E-state index contributed by atoms with van der Waals surface area (Å²) < 4.78 is 11.6. The number of hydrazone groups is 1. The van der Waals surface area contributed by atoms with Crippen LogP contribution in [0.25, 0.3) is 0 Å². The molecule has 0 radical (unpaired) electrons. The van der Waals surface area contributed by atoms with Crippen molar-refractivity contribution in [1.29, 1.82) is 0 Å². The van der Waals surface area contributed by atoms with Gasteiger partial charge in [-0.1, -0.05) is 30.3 Å². The monoisotopic (exact) mass is 392 g/mol. The number of hydrogen-bond donors (Lipinski definition) is 1. The van der Waals surface area contributed by atoms with E-state index >= 15 is 0 Å². The van der Waals surface area contributed by atoms with Crippen molar-refractivity contribution in [3.05, 3.63) is 88.1 Å². The van der Waals surface area contributed by atoms with Gasteiger partial charge in [0.25, 0.3) is 5.69 Å². The Hall–Kier alpha value is -3.94.